The van der Waals surface area contributed by atoms with Gasteiger partial charge in [0.15, 0.2) is 5.79 Å². The number of hydrogen-bond acceptors (Lipinski definition) is 7. The lowest BCUT2D eigenvalue weighted by molar-refractivity contribution is -0.159. The summed E-state index contributed by atoms with van der Waals surface area (Å²) >= 11 is 8.17. The van der Waals surface area contributed by atoms with Crippen LogP contribution in [-0.4, -0.2) is 38.0 Å². The summed E-state index contributed by atoms with van der Waals surface area (Å²) in [7, 11) is -1.54. The van der Waals surface area contributed by atoms with E-state index in [0.717, 1.165) is 37.9 Å². The molecule has 0 bridgehead atoms. The number of benzene rings is 2. The normalized spacial score (nSPS) is 19.5. The third-order valence-electron chi connectivity index (χ3n) is 7.47. The number of thiophene rings is 1. The molecule has 1 amide bonds. The fourth-order valence-corrected chi connectivity index (χ4v) is 7.65. The van der Waals surface area contributed by atoms with Crippen molar-refractivity contribution in [1.29, 1.82) is 0 Å². The van der Waals surface area contributed by atoms with Crippen LogP contribution >= 0.6 is 22.9 Å². The van der Waals surface area contributed by atoms with E-state index in [1.807, 2.05) is 77.9 Å². The topological polar surface area (TPSA) is 98.8 Å². The number of aromatic nitrogens is 1. The molecule has 0 aliphatic carbocycles. The maximum Gasteiger partial charge on any atom is 0.412 e. The van der Waals surface area contributed by atoms with Gasteiger partial charge in [0.2, 0.25) is 0 Å². The summed E-state index contributed by atoms with van der Waals surface area (Å²) in [5.74, 6) is -1.42. The number of ether oxygens (including phenoxy) is 3. The standard InChI is InChI=1S/C35H41ClFN3O5S2/c1-32(2,3)44-31(41)39-27-17-23(24(36)18-25(27)37)29(40-47(42)33(4,5)6)28-15-20-11-10-12-22(30(20)46-28)26-16-21(13-14-38-26)35(9)19-43-34(7,8)45-35/h10-18,29,40H,19H2,1-9H3,(H,39,41)/t29?,35?,47-/m0/s1. The number of halogens is 2. The molecule has 0 saturated carbocycles. The monoisotopic (exact) mass is 701 g/mol. The van der Waals surface area contributed by atoms with Crippen molar-refractivity contribution in [2.24, 2.45) is 0 Å². The van der Waals surface area contributed by atoms with Crippen LogP contribution in [0.5, 0.6) is 0 Å². The van der Waals surface area contributed by atoms with Gasteiger partial charge in [0, 0.05) is 26.4 Å². The molecule has 1 aliphatic rings. The van der Waals surface area contributed by atoms with Gasteiger partial charge in [-0.25, -0.2) is 18.1 Å². The molecule has 12 heteroatoms. The van der Waals surface area contributed by atoms with E-state index in [9.17, 15) is 9.00 Å². The molecule has 2 N–H and O–H groups in total. The maximum atomic E-state index is 15.1. The molecule has 47 heavy (non-hydrogen) atoms. The maximum absolute atomic E-state index is 15.1. The van der Waals surface area contributed by atoms with Crippen LogP contribution in [0.1, 0.15) is 84.4 Å². The Bertz CT molecular complexity index is 1850. The number of carbonyl (C=O) groups excluding carboxylic acids is 1. The highest BCUT2D eigenvalue weighted by Crippen LogP contribution is 2.43. The van der Waals surface area contributed by atoms with Gasteiger partial charge in [0.1, 0.15) is 17.0 Å². The van der Waals surface area contributed by atoms with Crippen molar-refractivity contribution < 1.29 is 27.6 Å². The third-order valence-corrected chi connectivity index (χ3v) is 10.6. The van der Waals surface area contributed by atoms with Gasteiger partial charge in [-0.15, -0.1) is 11.3 Å². The highest BCUT2D eigenvalue weighted by molar-refractivity contribution is 7.84. The van der Waals surface area contributed by atoms with Crippen LogP contribution in [0.15, 0.2) is 54.7 Å². The zero-order valence-corrected chi connectivity index (χ0v) is 30.4. The van der Waals surface area contributed by atoms with Crippen LogP contribution in [0.25, 0.3) is 21.3 Å². The van der Waals surface area contributed by atoms with Crippen molar-refractivity contribution in [3.8, 4) is 11.3 Å². The SMILES string of the molecule is CC(C)(C)OC(=O)Nc1cc(C(N[S@@](=O)C(C)(C)C)c2cc3cccc(-c4cc(C5(C)COC(C)(C)O5)ccn4)c3s2)c(Cl)cc1F. The van der Waals surface area contributed by atoms with Gasteiger partial charge >= 0.3 is 6.09 Å². The first kappa shape index (κ1) is 35.4. The van der Waals surface area contributed by atoms with Crippen LogP contribution in [0.2, 0.25) is 5.02 Å². The van der Waals surface area contributed by atoms with Gasteiger partial charge in [-0.3, -0.25) is 10.3 Å². The first-order valence-corrected chi connectivity index (χ1v) is 17.6. The fraction of sp³-hybridized carbons (Fsp3) is 0.429. The largest absolute Gasteiger partial charge is 0.444 e. The van der Waals surface area contributed by atoms with Crippen LogP contribution in [-0.2, 0) is 30.8 Å². The molecule has 0 spiro atoms. The number of nitrogens with one attached hydrogen (secondary N) is 2. The van der Waals surface area contributed by atoms with Crippen LogP contribution in [0.4, 0.5) is 14.9 Å². The van der Waals surface area contributed by atoms with Gasteiger partial charge in [0.25, 0.3) is 0 Å². The molecule has 2 aromatic heterocycles. The van der Waals surface area contributed by atoms with E-state index >= 15 is 4.39 Å². The van der Waals surface area contributed by atoms with Gasteiger partial charge in [0.05, 0.1) is 39.8 Å². The first-order chi connectivity index (χ1) is 21.7. The van der Waals surface area contributed by atoms with Crippen molar-refractivity contribution in [2.75, 3.05) is 11.9 Å². The average molecular weight is 702 g/mol. The molecular formula is C35H41ClFN3O5S2. The van der Waals surface area contributed by atoms with Crippen molar-refractivity contribution in [3.05, 3.63) is 81.6 Å². The minimum Gasteiger partial charge on any atom is -0.444 e. The second-order valence-electron chi connectivity index (χ2n) is 14.2. The molecule has 0 radical (unpaired) electrons. The Morgan fingerprint density at radius 1 is 1.11 bits per heavy atom. The summed E-state index contributed by atoms with van der Waals surface area (Å²) in [5.41, 5.74) is 1.55. The molecule has 4 aromatic rings. The lowest BCUT2D eigenvalue weighted by atomic mass is 9.96. The first-order valence-electron chi connectivity index (χ1n) is 15.3. The Labute approximate surface area is 287 Å². The summed E-state index contributed by atoms with van der Waals surface area (Å²) in [5, 5.41) is 3.55. The molecule has 1 saturated heterocycles. The molecule has 3 atom stereocenters. The van der Waals surface area contributed by atoms with Crippen LogP contribution in [0.3, 0.4) is 0 Å². The van der Waals surface area contributed by atoms with E-state index in [0.29, 0.717) is 12.2 Å². The van der Waals surface area contributed by atoms with Crippen molar-refractivity contribution in [1.82, 2.24) is 9.71 Å². The average Bonchev–Trinajstić information content (AvgIpc) is 3.52. The smallest absolute Gasteiger partial charge is 0.412 e. The predicted octanol–water partition coefficient (Wildman–Crippen LogP) is 9.24. The number of fused-ring (bicyclic) bond motifs is 1. The van der Waals surface area contributed by atoms with Crippen molar-refractivity contribution in [2.45, 2.75) is 90.1 Å². The predicted molar refractivity (Wildman–Crippen MR) is 188 cm³/mol. The van der Waals surface area contributed by atoms with E-state index < -0.39 is 50.7 Å². The Kier molecular flexibility index (Phi) is 9.66. The van der Waals surface area contributed by atoms with Gasteiger partial charge in [-0.2, -0.15) is 0 Å². The van der Waals surface area contributed by atoms with Crippen LogP contribution < -0.4 is 10.0 Å². The molecule has 5 rings (SSSR count). The second-order valence-corrected chi connectivity index (χ2v) is 17.7. The van der Waals surface area contributed by atoms with E-state index in [-0.39, 0.29) is 10.7 Å². The van der Waals surface area contributed by atoms with Crippen molar-refractivity contribution in [3.63, 3.8) is 0 Å². The van der Waals surface area contributed by atoms with Gasteiger partial charge < -0.3 is 14.2 Å². The molecule has 1 aliphatic heterocycles. The van der Waals surface area contributed by atoms with Crippen LogP contribution in [0, 0.1) is 5.82 Å². The lowest BCUT2D eigenvalue weighted by Crippen LogP contribution is -2.36. The lowest BCUT2D eigenvalue weighted by Gasteiger charge is -2.26. The zero-order chi connectivity index (χ0) is 34.5. The number of rotatable bonds is 7. The van der Waals surface area contributed by atoms with E-state index in [2.05, 4.69) is 10.0 Å². The van der Waals surface area contributed by atoms with E-state index in [4.69, 9.17) is 30.8 Å². The third kappa shape index (κ3) is 8.04. The second kappa shape index (κ2) is 12.8. The Morgan fingerprint density at radius 3 is 2.47 bits per heavy atom. The van der Waals surface area contributed by atoms with Crippen molar-refractivity contribution >= 4 is 55.8 Å². The number of carbonyl (C=O) groups is 1. The molecule has 1 fully saturated rings. The summed E-state index contributed by atoms with van der Waals surface area (Å²) in [4.78, 5) is 18.1. The fourth-order valence-electron chi connectivity index (χ4n) is 5.24. The Hall–Kier alpha value is -2.93. The molecule has 2 unspecified atom stereocenters. The molecule has 2 aromatic carbocycles. The number of hydrogen-bond donors (Lipinski definition) is 2. The van der Waals surface area contributed by atoms with E-state index in [1.165, 1.54) is 17.4 Å². The quantitative estimate of drug-likeness (QED) is 0.199. The summed E-state index contributed by atoms with van der Waals surface area (Å²) in [6.45, 7) is 17.0. The molecule has 252 valence electrons. The highest BCUT2D eigenvalue weighted by atomic mass is 35.5. The van der Waals surface area contributed by atoms with Gasteiger partial charge in [-0.1, -0.05) is 29.8 Å². The number of pyridine rings is 1. The summed E-state index contributed by atoms with van der Waals surface area (Å²) in [6.07, 6.45) is 0.965. The Morgan fingerprint density at radius 2 is 1.83 bits per heavy atom. The van der Waals surface area contributed by atoms with E-state index in [1.54, 1.807) is 27.0 Å². The molecule has 3 heterocycles. The Balaban J connectivity index is 1.59. The summed E-state index contributed by atoms with van der Waals surface area (Å²) < 4.78 is 49.7. The summed E-state index contributed by atoms with van der Waals surface area (Å²) in [6, 6.07) is 13.8. The number of amides is 1. The molecule has 8 nitrogen and oxygen atoms in total. The molecular weight excluding hydrogens is 661 g/mol. The zero-order valence-electron chi connectivity index (χ0n) is 28.0. The number of nitrogens with zero attached hydrogens (tertiary/aromatic N) is 1. The number of anilines is 1. The highest BCUT2D eigenvalue weighted by Gasteiger charge is 2.43. The minimum atomic E-state index is -1.54. The van der Waals surface area contributed by atoms with Gasteiger partial charge in [-0.05, 0) is 109 Å². The minimum absolute atomic E-state index is 0.107.